The molecule has 4 rings (SSSR count). The van der Waals surface area contributed by atoms with Crippen molar-refractivity contribution in [3.05, 3.63) is 52.4 Å². The molecule has 0 unspecified atom stereocenters. The number of hydrogen-bond donors (Lipinski definition) is 2. The molecule has 0 fully saturated rings. The number of alkyl halides is 3. The minimum Gasteiger partial charge on any atom is -0.476 e. The summed E-state index contributed by atoms with van der Waals surface area (Å²) in [6.07, 6.45) is -2.89. The van der Waals surface area contributed by atoms with Crippen LogP contribution in [0, 0.1) is 0 Å². The molecule has 0 bridgehead atoms. The summed E-state index contributed by atoms with van der Waals surface area (Å²) in [5.41, 5.74) is -1.91. The highest BCUT2D eigenvalue weighted by Gasteiger charge is 2.36. The zero-order chi connectivity index (χ0) is 23.2. The molecule has 0 radical (unpaired) electrons. The van der Waals surface area contributed by atoms with Gasteiger partial charge in [0, 0.05) is 18.0 Å². The number of nitrogens with one attached hydrogen (secondary N) is 1. The first kappa shape index (κ1) is 21.5. The van der Waals surface area contributed by atoms with Gasteiger partial charge in [-0.25, -0.2) is 14.3 Å². The molecule has 0 aliphatic carbocycles. The number of fused-ring (bicyclic) bond motifs is 1. The van der Waals surface area contributed by atoms with Crippen LogP contribution in [0.1, 0.15) is 38.5 Å². The Morgan fingerprint density at radius 2 is 2.00 bits per heavy atom. The molecule has 13 heteroatoms. The third kappa shape index (κ3) is 3.82. The van der Waals surface area contributed by atoms with Gasteiger partial charge in [0.2, 0.25) is 0 Å². The van der Waals surface area contributed by atoms with Crippen molar-refractivity contribution in [2.24, 2.45) is 7.05 Å². The van der Waals surface area contributed by atoms with Gasteiger partial charge in [-0.1, -0.05) is 6.92 Å². The van der Waals surface area contributed by atoms with Crippen LogP contribution in [-0.2, 0) is 19.6 Å². The van der Waals surface area contributed by atoms with Crippen molar-refractivity contribution < 1.29 is 27.9 Å². The van der Waals surface area contributed by atoms with Crippen molar-refractivity contribution >= 4 is 34.5 Å². The van der Waals surface area contributed by atoms with Crippen LogP contribution in [0.3, 0.4) is 0 Å². The maximum absolute atomic E-state index is 13.7. The lowest BCUT2D eigenvalue weighted by Gasteiger charge is -2.10. The number of aromatic nitrogens is 5. The Balaban J connectivity index is 1.77. The standard InChI is InChI=1S/C19H15F3N6O3S/c1-3-9-4-5-13(32-9)10-6-14(19(20,21)22)28-15(24-10)7-11(26-28)17(29)25-12-8-23-27(2)16(12)18(30)31/h4-8H,3H2,1-2H3,(H,25,29)(H,30,31). The molecule has 166 valence electrons. The van der Waals surface area contributed by atoms with Crippen molar-refractivity contribution in [2.45, 2.75) is 19.5 Å². The lowest BCUT2D eigenvalue weighted by atomic mass is 10.2. The Morgan fingerprint density at radius 1 is 1.25 bits per heavy atom. The van der Waals surface area contributed by atoms with Gasteiger partial charge in [0.15, 0.2) is 22.7 Å². The van der Waals surface area contributed by atoms with Crippen molar-refractivity contribution in [1.29, 1.82) is 0 Å². The summed E-state index contributed by atoms with van der Waals surface area (Å²) >= 11 is 1.33. The topological polar surface area (TPSA) is 114 Å². The van der Waals surface area contributed by atoms with Crippen LogP contribution >= 0.6 is 11.3 Å². The van der Waals surface area contributed by atoms with Crippen LogP contribution in [0.2, 0.25) is 0 Å². The number of anilines is 1. The fourth-order valence-electron chi connectivity index (χ4n) is 3.09. The van der Waals surface area contributed by atoms with Crippen molar-refractivity contribution in [3.63, 3.8) is 0 Å². The first-order valence-electron chi connectivity index (χ1n) is 9.22. The van der Waals surface area contributed by atoms with E-state index in [0.717, 1.165) is 34.3 Å². The molecular formula is C19H15F3N6O3S. The molecule has 32 heavy (non-hydrogen) atoms. The van der Waals surface area contributed by atoms with E-state index in [0.29, 0.717) is 9.39 Å². The van der Waals surface area contributed by atoms with E-state index in [1.807, 2.05) is 13.0 Å². The van der Waals surface area contributed by atoms with E-state index in [-0.39, 0.29) is 28.4 Å². The van der Waals surface area contributed by atoms with Gasteiger partial charge < -0.3 is 10.4 Å². The summed E-state index contributed by atoms with van der Waals surface area (Å²) < 4.78 is 42.8. The minimum absolute atomic E-state index is 0.113. The molecule has 1 amide bonds. The number of hydrogen-bond acceptors (Lipinski definition) is 6. The maximum atomic E-state index is 13.7. The van der Waals surface area contributed by atoms with Gasteiger partial charge >= 0.3 is 12.1 Å². The lowest BCUT2D eigenvalue weighted by Crippen LogP contribution is -2.17. The fraction of sp³-hybridized carbons (Fsp3) is 0.211. The fourth-order valence-corrected chi connectivity index (χ4v) is 4.00. The molecule has 0 spiro atoms. The van der Waals surface area contributed by atoms with Crippen LogP contribution in [0.25, 0.3) is 16.2 Å². The predicted octanol–water partition coefficient (Wildman–Crippen LogP) is 3.72. The summed E-state index contributed by atoms with van der Waals surface area (Å²) in [5, 5.41) is 19.1. The van der Waals surface area contributed by atoms with Gasteiger partial charge in [-0.05, 0) is 24.6 Å². The highest BCUT2D eigenvalue weighted by molar-refractivity contribution is 7.15. The number of carboxylic acid groups (broad SMARTS) is 1. The lowest BCUT2D eigenvalue weighted by molar-refractivity contribution is -0.142. The summed E-state index contributed by atoms with van der Waals surface area (Å²) in [6.45, 7) is 1.94. The number of carbonyl (C=O) groups is 2. The predicted molar refractivity (Wildman–Crippen MR) is 109 cm³/mol. The Hall–Kier alpha value is -3.74. The van der Waals surface area contributed by atoms with Gasteiger partial charge in [0.25, 0.3) is 5.91 Å². The second kappa shape index (κ2) is 7.75. The quantitative estimate of drug-likeness (QED) is 0.465. The van der Waals surface area contributed by atoms with E-state index >= 15 is 0 Å². The number of rotatable bonds is 5. The van der Waals surface area contributed by atoms with Crippen molar-refractivity contribution in [1.82, 2.24) is 24.4 Å². The van der Waals surface area contributed by atoms with E-state index in [4.69, 9.17) is 0 Å². The minimum atomic E-state index is -4.75. The third-order valence-electron chi connectivity index (χ3n) is 4.60. The van der Waals surface area contributed by atoms with Crippen molar-refractivity contribution in [2.75, 3.05) is 5.32 Å². The summed E-state index contributed by atoms with van der Waals surface area (Å²) in [6, 6.07) is 5.51. The molecule has 0 aliphatic heterocycles. The van der Waals surface area contributed by atoms with Crippen LogP contribution in [0.15, 0.2) is 30.5 Å². The number of aromatic carboxylic acids is 1. The highest BCUT2D eigenvalue weighted by atomic mass is 32.1. The third-order valence-corrected chi connectivity index (χ3v) is 5.85. The molecule has 2 N–H and O–H groups in total. The number of amides is 1. The van der Waals surface area contributed by atoms with Gasteiger partial charge in [-0.3, -0.25) is 9.48 Å². The molecule has 9 nitrogen and oxygen atoms in total. The zero-order valence-corrected chi connectivity index (χ0v) is 17.5. The number of carboxylic acids is 1. The SMILES string of the molecule is CCc1ccc(-c2cc(C(F)(F)F)n3nc(C(=O)Nc4cnn(C)c4C(=O)O)cc3n2)s1. The smallest absolute Gasteiger partial charge is 0.433 e. The number of halogens is 3. The largest absolute Gasteiger partial charge is 0.476 e. The van der Waals surface area contributed by atoms with Gasteiger partial charge in [-0.15, -0.1) is 11.3 Å². The number of aryl methyl sites for hydroxylation is 2. The molecule has 0 aliphatic rings. The van der Waals surface area contributed by atoms with Crippen LogP contribution in [-0.4, -0.2) is 41.4 Å². The molecule has 0 saturated heterocycles. The van der Waals surface area contributed by atoms with E-state index in [9.17, 15) is 27.9 Å². The molecule has 4 aromatic rings. The van der Waals surface area contributed by atoms with Crippen LogP contribution in [0.5, 0.6) is 0 Å². The van der Waals surface area contributed by atoms with E-state index in [2.05, 4.69) is 20.5 Å². The van der Waals surface area contributed by atoms with E-state index in [1.165, 1.54) is 18.4 Å². The first-order chi connectivity index (χ1) is 15.1. The Kier molecular flexibility index (Phi) is 5.20. The summed E-state index contributed by atoms with van der Waals surface area (Å²) in [7, 11) is 1.37. The molecular weight excluding hydrogens is 449 g/mol. The molecule has 0 atom stereocenters. The Bertz CT molecular complexity index is 1350. The van der Waals surface area contributed by atoms with Gasteiger partial charge in [-0.2, -0.15) is 23.4 Å². The normalized spacial score (nSPS) is 11.8. The van der Waals surface area contributed by atoms with Crippen LogP contribution < -0.4 is 5.32 Å². The first-order valence-corrected chi connectivity index (χ1v) is 10.0. The molecule has 0 aromatic carbocycles. The summed E-state index contributed by atoms with van der Waals surface area (Å²) in [4.78, 5) is 29.8. The van der Waals surface area contributed by atoms with E-state index < -0.39 is 23.7 Å². The maximum Gasteiger partial charge on any atom is 0.433 e. The van der Waals surface area contributed by atoms with Crippen LogP contribution in [0.4, 0.5) is 18.9 Å². The molecule has 0 saturated carbocycles. The van der Waals surface area contributed by atoms with Gasteiger partial charge in [0.1, 0.15) is 0 Å². The van der Waals surface area contributed by atoms with E-state index in [1.54, 1.807) is 6.07 Å². The number of carbonyl (C=O) groups excluding carboxylic acids is 1. The average molecular weight is 464 g/mol. The van der Waals surface area contributed by atoms with Gasteiger partial charge in [0.05, 0.1) is 22.5 Å². The monoisotopic (exact) mass is 464 g/mol. The second-order valence-corrected chi connectivity index (χ2v) is 7.90. The Morgan fingerprint density at radius 3 is 2.62 bits per heavy atom. The van der Waals surface area contributed by atoms with Crippen molar-refractivity contribution in [3.8, 4) is 10.6 Å². The molecule has 4 heterocycles. The number of nitrogens with zero attached hydrogens (tertiary/aromatic N) is 5. The molecule has 4 aromatic heterocycles. The Labute approximate surface area is 182 Å². The average Bonchev–Trinajstić information content (AvgIpc) is 3.43. The number of thiophene rings is 1. The highest BCUT2D eigenvalue weighted by Crippen LogP contribution is 2.34. The summed E-state index contributed by atoms with van der Waals surface area (Å²) in [5.74, 6) is -2.23. The second-order valence-electron chi connectivity index (χ2n) is 6.73. The zero-order valence-electron chi connectivity index (χ0n) is 16.6.